The number of likely N-dealkylation sites (tertiary alicyclic amines) is 1. The monoisotopic (exact) mass is 214 g/mol. The quantitative estimate of drug-likeness (QED) is 0.689. The van der Waals surface area contributed by atoms with E-state index in [1.54, 1.807) is 0 Å². The Balaban J connectivity index is 0.000000921. The summed E-state index contributed by atoms with van der Waals surface area (Å²) in [5.41, 5.74) is 5.45. The summed E-state index contributed by atoms with van der Waals surface area (Å²) >= 11 is 0. The van der Waals surface area contributed by atoms with E-state index in [4.69, 9.17) is 5.73 Å². The molecule has 2 nitrogen and oxygen atoms in total. The molecule has 0 bridgehead atoms. The molecule has 0 amide bonds. The molecule has 2 N–H and O–H groups in total. The lowest BCUT2D eigenvalue weighted by Gasteiger charge is -2.42. The summed E-state index contributed by atoms with van der Waals surface area (Å²) in [7, 11) is 0. The molecule has 0 unspecified atom stereocenters. The number of hydrogen-bond acceptors (Lipinski definition) is 2. The normalized spacial score (nSPS) is 17.2. The van der Waals surface area contributed by atoms with Crippen LogP contribution in [0.3, 0.4) is 0 Å². The molecular formula is C13H30N2. The van der Waals surface area contributed by atoms with Crippen LogP contribution in [0.1, 0.15) is 53.4 Å². The summed E-state index contributed by atoms with van der Waals surface area (Å²) in [5.74, 6) is 0.986. The first kappa shape index (κ1) is 14.9. The summed E-state index contributed by atoms with van der Waals surface area (Å²) in [6, 6.07) is 0.750. The standard InChI is InChI=1S/C11H24N2.C2H6/c1-10(2)13-8-11(9-13)6-4-3-5-7-12;1-2/h10-11H,3-9,12H2,1-2H3;1-2H3. The van der Waals surface area contributed by atoms with E-state index in [0.717, 1.165) is 18.5 Å². The van der Waals surface area contributed by atoms with Crippen molar-refractivity contribution in [3.8, 4) is 0 Å². The summed E-state index contributed by atoms with van der Waals surface area (Å²) in [4.78, 5) is 2.55. The molecule has 0 radical (unpaired) electrons. The van der Waals surface area contributed by atoms with Crippen LogP contribution >= 0.6 is 0 Å². The van der Waals surface area contributed by atoms with Gasteiger partial charge in [0.15, 0.2) is 0 Å². The molecule has 1 fully saturated rings. The Labute approximate surface area is 96.2 Å². The van der Waals surface area contributed by atoms with Gasteiger partial charge in [0.1, 0.15) is 0 Å². The Morgan fingerprint density at radius 1 is 1.13 bits per heavy atom. The Kier molecular flexibility index (Phi) is 9.12. The maximum atomic E-state index is 5.45. The van der Waals surface area contributed by atoms with Crippen molar-refractivity contribution in [3.63, 3.8) is 0 Å². The lowest BCUT2D eigenvalue weighted by atomic mass is 9.92. The first-order valence-electron chi connectivity index (χ1n) is 6.68. The highest BCUT2D eigenvalue weighted by molar-refractivity contribution is 4.81. The smallest absolute Gasteiger partial charge is 0.00388 e. The maximum absolute atomic E-state index is 5.45. The van der Waals surface area contributed by atoms with Crippen LogP contribution in [0.2, 0.25) is 0 Å². The SMILES string of the molecule is CC.CC(C)N1CC(CCCCCN)C1. The maximum Gasteiger partial charge on any atom is 0.00388 e. The molecule has 92 valence electrons. The van der Waals surface area contributed by atoms with Crippen LogP contribution in [0.5, 0.6) is 0 Å². The van der Waals surface area contributed by atoms with E-state index in [0.29, 0.717) is 0 Å². The van der Waals surface area contributed by atoms with Crippen molar-refractivity contribution >= 4 is 0 Å². The number of hydrogen-bond donors (Lipinski definition) is 1. The molecule has 1 heterocycles. The highest BCUT2D eigenvalue weighted by Gasteiger charge is 2.27. The minimum atomic E-state index is 0.750. The lowest BCUT2D eigenvalue weighted by Crippen LogP contribution is -2.49. The fourth-order valence-electron chi connectivity index (χ4n) is 1.97. The lowest BCUT2D eigenvalue weighted by molar-refractivity contribution is 0.0612. The van der Waals surface area contributed by atoms with Crippen molar-refractivity contribution in [2.45, 2.75) is 59.4 Å². The minimum Gasteiger partial charge on any atom is -0.330 e. The minimum absolute atomic E-state index is 0.750. The van der Waals surface area contributed by atoms with Crippen molar-refractivity contribution < 1.29 is 0 Å². The molecule has 2 heteroatoms. The summed E-state index contributed by atoms with van der Waals surface area (Å²) in [5, 5.41) is 0. The molecule has 0 saturated carbocycles. The van der Waals surface area contributed by atoms with Gasteiger partial charge in [-0.15, -0.1) is 0 Å². The first-order valence-corrected chi connectivity index (χ1v) is 6.68. The summed E-state index contributed by atoms with van der Waals surface area (Å²) in [6.07, 6.45) is 5.34. The Hall–Kier alpha value is -0.0800. The van der Waals surface area contributed by atoms with E-state index in [-0.39, 0.29) is 0 Å². The highest BCUT2D eigenvalue weighted by Crippen LogP contribution is 2.23. The second kappa shape index (κ2) is 9.17. The molecule has 15 heavy (non-hydrogen) atoms. The predicted molar refractivity (Wildman–Crippen MR) is 69.1 cm³/mol. The van der Waals surface area contributed by atoms with E-state index in [1.165, 1.54) is 38.8 Å². The molecule has 0 aromatic carbocycles. The van der Waals surface area contributed by atoms with Crippen LogP contribution in [-0.2, 0) is 0 Å². The van der Waals surface area contributed by atoms with Gasteiger partial charge >= 0.3 is 0 Å². The zero-order valence-electron chi connectivity index (χ0n) is 11.1. The number of unbranched alkanes of at least 4 members (excludes halogenated alkanes) is 2. The van der Waals surface area contributed by atoms with Gasteiger partial charge in [0.05, 0.1) is 0 Å². The van der Waals surface area contributed by atoms with Crippen molar-refractivity contribution in [2.24, 2.45) is 11.7 Å². The summed E-state index contributed by atoms with van der Waals surface area (Å²) in [6.45, 7) is 12.1. The molecule has 0 aliphatic carbocycles. The van der Waals surface area contributed by atoms with Crippen molar-refractivity contribution in [1.29, 1.82) is 0 Å². The third-order valence-electron chi connectivity index (χ3n) is 3.03. The molecule has 0 aromatic heterocycles. The highest BCUT2D eigenvalue weighted by atomic mass is 15.2. The van der Waals surface area contributed by atoms with Gasteiger partial charge in [-0.3, -0.25) is 0 Å². The molecule has 0 spiro atoms. The van der Waals surface area contributed by atoms with Crippen LogP contribution in [0.4, 0.5) is 0 Å². The van der Waals surface area contributed by atoms with Crippen LogP contribution in [-0.4, -0.2) is 30.6 Å². The van der Waals surface area contributed by atoms with Crippen LogP contribution in [0, 0.1) is 5.92 Å². The van der Waals surface area contributed by atoms with Gasteiger partial charge in [-0.05, 0) is 39.2 Å². The molecule has 0 aromatic rings. The third-order valence-corrected chi connectivity index (χ3v) is 3.03. The molecule has 1 aliphatic heterocycles. The molecule has 1 rings (SSSR count). The van der Waals surface area contributed by atoms with Crippen molar-refractivity contribution in [1.82, 2.24) is 4.90 Å². The average molecular weight is 214 g/mol. The average Bonchev–Trinajstić information content (AvgIpc) is 2.17. The second-order valence-electron chi connectivity index (χ2n) is 4.55. The second-order valence-corrected chi connectivity index (χ2v) is 4.55. The van der Waals surface area contributed by atoms with E-state index in [1.807, 2.05) is 13.8 Å². The van der Waals surface area contributed by atoms with Crippen LogP contribution < -0.4 is 5.73 Å². The van der Waals surface area contributed by atoms with Crippen LogP contribution in [0.25, 0.3) is 0 Å². The van der Waals surface area contributed by atoms with E-state index in [9.17, 15) is 0 Å². The van der Waals surface area contributed by atoms with Gasteiger partial charge in [-0.2, -0.15) is 0 Å². The Morgan fingerprint density at radius 3 is 2.20 bits per heavy atom. The van der Waals surface area contributed by atoms with E-state index >= 15 is 0 Å². The van der Waals surface area contributed by atoms with Crippen LogP contribution in [0.15, 0.2) is 0 Å². The first-order chi connectivity index (χ1) is 7.24. The molecule has 1 saturated heterocycles. The summed E-state index contributed by atoms with van der Waals surface area (Å²) < 4.78 is 0. The Bertz CT molecular complexity index is 128. The molecule has 1 aliphatic rings. The fourth-order valence-corrected chi connectivity index (χ4v) is 1.97. The largest absolute Gasteiger partial charge is 0.330 e. The number of nitrogens with zero attached hydrogens (tertiary/aromatic N) is 1. The molecular weight excluding hydrogens is 184 g/mol. The zero-order valence-corrected chi connectivity index (χ0v) is 11.1. The van der Waals surface area contributed by atoms with E-state index < -0.39 is 0 Å². The number of nitrogens with two attached hydrogens (primary N) is 1. The zero-order chi connectivity index (χ0) is 11.7. The van der Waals surface area contributed by atoms with Crippen molar-refractivity contribution in [2.75, 3.05) is 19.6 Å². The fraction of sp³-hybridized carbons (Fsp3) is 1.00. The van der Waals surface area contributed by atoms with Crippen molar-refractivity contribution in [3.05, 3.63) is 0 Å². The third kappa shape index (κ3) is 6.16. The predicted octanol–water partition coefficient (Wildman–Crippen LogP) is 2.87. The van der Waals surface area contributed by atoms with Gasteiger partial charge in [-0.1, -0.05) is 26.7 Å². The van der Waals surface area contributed by atoms with Gasteiger partial charge in [0, 0.05) is 19.1 Å². The Morgan fingerprint density at radius 2 is 1.73 bits per heavy atom. The van der Waals surface area contributed by atoms with Gasteiger partial charge in [0.25, 0.3) is 0 Å². The number of rotatable bonds is 6. The van der Waals surface area contributed by atoms with Gasteiger partial charge in [0.2, 0.25) is 0 Å². The topological polar surface area (TPSA) is 29.3 Å². The van der Waals surface area contributed by atoms with Gasteiger partial charge in [-0.25, -0.2) is 0 Å². The van der Waals surface area contributed by atoms with E-state index in [2.05, 4.69) is 18.7 Å². The van der Waals surface area contributed by atoms with Gasteiger partial charge < -0.3 is 10.6 Å². The molecule has 0 atom stereocenters.